The molecule has 1 aliphatic carbocycles. The first-order valence-electron chi connectivity index (χ1n) is 5.26. The van der Waals surface area contributed by atoms with E-state index in [1.165, 1.54) is 12.5 Å². The summed E-state index contributed by atoms with van der Waals surface area (Å²) >= 11 is 0. The van der Waals surface area contributed by atoms with Crippen LogP contribution in [0.25, 0.3) is 0 Å². The van der Waals surface area contributed by atoms with Crippen LogP contribution in [-0.2, 0) is 6.42 Å². The van der Waals surface area contributed by atoms with Gasteiger partial charge in [-0.3, -0.25) is 0 Å². The van der Waals surface area contributed by atoms with Crippen molar-refractivity contribution < 1.29 is 4.39 Å². The van der Waals surface area contributed by atoms with E-state index in [9.17, 15) is 4.39 Å². The molecule has 0 amide bonds. The van der Waals surface area contributed by atoms with Gasteiger partial charge < -0.3 is 5.73 Å². The zero-order valence-electron chi connectivity index (χ0n) is 8.25. The van der Waals surface area contributed by atoms with Gasteiger partial charge in [-0.1, -0.05) is 24.6 Å². The average molecular weight is 193 g/mol. The van der Waals surface area contributed by atoms with E-state index in [-0.39, 0.29) is 11.9 Å². The van der Waals surface area contributed by atoms with Crippen LogP contribution >= 0.6 is 0 Å². The maximum absolute atomic E-state index is 13.3. The normalized spacial score (nSPS) is 26.7. The molecule has 0 unspecified atom stereocenters. The standard InChI is InChI=1S/C12H16FN/c13-11-6-2-1-4-9(11)8-10-5-3-7-12(10)14/h1-2,4,6,10,12H,3,5,7-8,14H2/t10-,12-/m1/s1. The molecule has 0 heterocycles. The van der Waals surface area contributed by atoms with Crippen molar-refractivity contribution in [3.8, 4) is 0 Å². The molecule has 2 heteroatoms. The van der Waals surface area contributed by atoms with Gasteiger partial charge in [0.25, 0.3) is 0 Å². The van der Waals surface area contributed by atoms with Crippen LogP contribution in [-0.4, -0.2) is 6.04 Å². The summed E-state index contributed by atoms with van der Waals surface area (Å²) in [6.45, 7) is 0. The van der Waals surface area contributed by atoms with Crippen LogP contribution in [0, 0.1) is 11.7 Å². The van der Waals surface area contributed by atoms with Gasteiger partial charge in [0.1, 0.15) is 5.82 Å². The monoisotopic (exact) mass is 193 g/mol. The minimum absolute atomic E-state index is 0.0911. The molecule has 0 saturated heterocycles. The fraction of sp³-hybridized carbons (Fsp3) is 0.500. The average Bonchev–Trinajstić information content (AvgIpc) is 2.56. The maximum atomic E-state index is 13.3. The SMILES string of the molecule is N[C@@H]1CCC[C@@H]1Cc1ccccc1F. The number of hydrogen-bond donors (Lipinski definition) is 1. The predicted molar refractivity (Wildman–Crippen MR) is 55.4 cm³/mol. The number of benzene rings is 1. The molecule has 1 aromatic rings. The first-order valence-corrected chi connectivity index (χ1v) is 5.26. The van der Waals surface area contributed by atoms with Gasteiger partial charge >= 0.3 is 0 Å². The molecule has 2 N–H and O–H groups in total. The van der Waals surface area contributed by atoms with Crippen LogP contribution in [0.3, 0.4) is 0 Å². The van der Waals surface area contributed by atoms with Gasteiger partial charge in [-0.05, 0) is 36.8 Å². The second kappa shape index (κ2) is 4.09. The van der Waals surface area contributed by atoms with Crippen LogP contribution in [0.5, 0.6) is 0 Å². The molecule has 0 bridgehead atoms. The maximum Gasteiger partial charge on any atom is 0.126 e. The highest BCUT2D eigenvalue weighted by Gasteiger charge is 2.24. The Morgan fingerprint density at radius 3 is 2.71 bits per heavy atom. The molecule has 2 atom stereocenters. The highest BCUT2D eigenvalue weighted by Crippen LogP contribution is 2.27. The van der Waals surface area contributed by atoms with E-state index in [1.54, 1.807) is 6.07 Å². The van der Waals surface area contributed by atoms with E-state index in [1.807, 2.05) is 12.1 Å². The summed E-state index contributed by atoms with van der Waals surface area (Å²) in [6.07, 6.45) is 4.24. The van der Waals surface area contributed by atoms with Crippen molar-refractivity contribution in [2.75, 3.05) is 0 Å². The zero-order chi connectivity index (χ0) is 9.97. The van der Waals surface area contributed by atoms with Crippen molar-refractivity contribution in [1.29, 1.82) is 0 Å². The molecule has 1 saturated carbocycles. The Morgan fingerprint density at radius 2 is 2.07 bits per heavy atom. The summed E-state index contributed by atoms with van der Waals surface area (Å²) in [4.78, 5) is 0. The third-order valence-corrected chi connectivity index (χ3v) is 3.16. The molecular weight excluding hydrogens is 177 g/mol. The summed E-state index contributed by atoms with van der Waals surface area (Å²) in [5.41, 5.74) is 6.77. The van der Waals surface area contributed by atoms with Crippen molar-refractivity contribution in [3.05, 3.63) is 35.6 Å². The Morgan fingerprint density at radius 1 is 1.29 bits per heavy atom. The van der Waals surface area contributed by atoms with Gasteiger partial charge in [-0.15, -0.1) is 0 Å². The van der Waals surface area contributed by atoms with Crippen LogP contribution in [0.15, 0.2) is 24.3 Å². The topological polar surface area (TPSA) is 26.0 Å². The Balaban J connectivity index is 2.07. The van der Waals surface area contributed by atoms with Crippen LogP contribution in [0.2, 0.25) is 0 Å². The number of rotatable bonds is 2. The van der Waals surface area contributed by atoms with E-state index < -0.39 is 0 Å². The van der Waals surface area contributed by atoms with Gasteiger partial charge in [0.05, 0.1) is 0 Å². The highest BCUT2D eigenvalue weighted by molar-refractivity contribution is 5.18. The number of nitrogens with two attached hydrogens (primary N) is 1. The fourth-order valence-electron chi connectivity index (χ4n) is 2.27. The summed E-state index contributed by atoms with van der Waals surface area (Å²) in [7, 11) is 0. The molecule has 14 heavy (non-hydrogen) atoms. The summed E-state index contributed by atoms with van der Waals surface area (Å²) in [6, 6.07) is 7.28. The van der Waals surface area contributed by atoms with Gasteiger partial charge in [0.2, 0.25) is 0 Å². The molecule has 76 valence electrons. The molecule has 0 aromatic heterocycles. The lowest BCUT2D eigenvalue weighted by atomic mass is 9.95. The Labute approximate surface area is 84.1 Å². The predicted octanol–water partition coefficient (Wildman–Crippen LogP) is 2.50. The summed E-state index contributed by atoms with van der Waals surface area (Å²) in [5, 5.41) is 0. The molecule has 1 aromatic carbocycles. The number of hydrogen-bond acceptors (Lipinski definition) is 1. The van der Waals surface area contributed by atoms with Crippen molar-refractivity contribution in [2.24, 2.45) is 11.7 Å². The quantitative estimate of drug-likeness (QED) is 0.767. The minimum Gasteiger partial charge on any atom is -0.327 e. The van der Waals surface area contributed by atoms with Crippen LogP contribution in [0.1, 0.15) is 24.8 Å². The van der Waals surface area contributed by atoms with E-state index in [0.717, 1.165) is 24.8 Å². The summed E-state index contributed by atoms with van der Waals surface area (Å²) < 4.78 is 13.3. The van der Waals surface area contributed by atoms with E-state index in [2.05, 4.69) is 0 Å². The van der Waals surface area contributed by atoms with Gasteiger partial charge in [0, 0.05) is 6.04 Å². The molecule has 1 fully saturated rings. The zero-order valence-corrected chi connectivity index (χ0v) is 8.25. The lowest BCUT2D eigenvalue weighted by Gasteiger charge is -2.15. The van der Waals surface area contributed by atoms with Crippen molar-refractivity contribution in [3.63, 3.8) is 0 Å². The molecule has 0 spiro atoms. The van der Waals surface area contributed by atoms with Gasteiger partial charge in [-0.25, -0.2) is 4.39 Å². The second-order valence-corrected chi connectivity index (χ2v) is 4.15. The lowest BCUT2D eigenvalue weighted by molar-refractivity contribution is 0.467. The lowest BCUT2D eigenvalue weighted by Crippen LogP contribution is -2.26. The fourth-order valence-corrected chi connectivity index (χ4v) is 2.27. The first-order chi connectivity index (χ1) is 6.77. The van der Waals surface area contributed by atoms with Gasteiger partial charge in [-0.2, -0.15) is 0 Å². The Hall–Kier alpha value is -0.890. The van der Waals surface area contributed by atoms with Crippen molar-refractivity contribution in [1.82, 2.24) is 0 Å². The molecule has 0 radical (unpaired) electrons. The molecule has 1 nitrogen and oxygen atoms in total. The smallest absolute Gasteiger partial charge is 0.126 e. The summed E-state index contributed by atoms with van der Waals surface area (Å²) in [5.74, 6) is 0.387. The second-order valence-electron chi connectivity index (χ2n) is 4.15. The van der Waals surface area contributed by atoms with Crippen molar-refractivity contribution >= 4 is 0 Å². The van der Waals surface area contributed by atoms with Gasteiger partial charge in [0.15, 0.2) is 0 Å². The van der Waals surface area contributed by atoms with Crippen LogP contribution in [0.4, 0.5) is 4.39 Å². The number of halogens is 1. The highest BCUT2D eigenvalue weighted by atomic mass is 19.1. The first kappa shape index (κ1) is 9.66. The molecule has 1 aliphatic rings. The van der Waals surface area contributed by atoms with E-state index in [4.69, 9.17) is 5.73 Å². The van der Waals surface area contributed by atoms with E-state index in [0.29, 0.717) is 5.92 Å². The molecule has 0 aliphatic heterocycles. The van der Waals surface area contributed by atoms with Crippen LogP contribution < -0.4 is 5.73 Å². The largest absolute Gasteiger partial charge is 0.327 e. The van der Waals surface area contributed by atoms with E-state index >= 15 is 0 Å². The third kappa shape index (κ3) is 1.95. The minimum atomic E-state index is -0.0911. The molecular formula is C12H16FN. The molecule has 2 rings (SSSR count). The Bertz CT molecular complexity index is 311. The van der Waals surface area contributed by atoms with Crippen molar-refractivity contribution in [2.45, 2.75) is 31.7 Å². The Kier molecular flexibility index (Phi) is 2.82. The third-order valence-electron chi connectivity index (χ3n) is 3.16.